The summed E-state index contributed by atoms with van der Waals surface area (Å²) < 4.78 is 7.03. The fourth-order valence-electron chi connectivity index (χ4n) is 2.80. The third-order valence-electron chi connectivity index (χ3n) is 4.03. The van der Waals surface area contributed by atoms with Crippen LogP contribution in [0.1, 0.15) is 35.9 Å². The molecule has 7 heteroatoms. The highest BCUT2D eigenvalue weighted by Gasteiger charge is 2.23. The number of nitrogens with one attached hydrogen (secondary N) is 2. The summed E-state index contributed by atoms with van der Waals surface area (Å²) in [5.74, 6) is 0.654. The van der Waals surface area contributed by atoms with Gasteiger partial charge in [-0.25, -0.2) is 0 Å². The molecule has 1 amide bonds. The average Bonchev–Trinajstić information content (AvgIpc) is 3.18. The molecule has 0 aliphatic rings. The Hall–Kier alpha value is -2.83. The van der Waals surface area contributed by atoms with Crippen LogP contribution in [0, 0.1) is 5.92 Å². The van der Waals surface area contributed by atoms with Crippen LogP contribution in [0.3, 0.4) is 0 Å². The van der Waals surface area contributed by atoms with E-state index in [2.05, 4.69) is 34.5 Å². The number of aromatic amines is 1. The number of hydrogen-bond acceptors (Lipinski definition) is 4. The van der Waals surface area contributed by atoms with Crippen molar-refractivity contribution in [3.05, 3.63) is 41.9 Å². The zero-order valence-corrected chi connectivity index (χ0v) is 14.2. The van der Waals surface area contributed by atoms with E-state index in [0.29, 0.717) is 17.0 Å². The van der Waals surface area contributed by atoms with Crippen LogP contribution in [0.2, 0.25) is 0 Å². The number of hydrogen-bond donors (Lipinski definition) is 2. The van der Waals surface area contributed by atoms with Crippen molar-refractivity contribution in [2.45, 2.75) is 19.9 Å². The van der Waals surface area contributed by atoms with Crippen LogP contribution < -0.4 is 10.1 Å². The van der Waals surface area contributed by atoms with Gasteiger partial charge in [0.15, 0.2) is 5.69 Å². The number of para-hydroxylation sites is 1. The highest BCUT2D eigenvalue weighted by molar-refractivity contribution is 6.06. The molecule has 1 unspecified atom stereocenters. The van der Waals surface area contributed by atoms with Crippen LogP contribution in [0.5, 0.6) is 5.75 Å². The molecule has 3 aromatic rings. The van der Waals surface area contributed by atoms with Gasteiger partial charge < -0.3 is 10.1 Å². The smallest absolute Gasteiger partial charge is 0.272 e. The number of aromatic nitrogens is 4. The Balaban J connectivity index is 1.91. The molecular weight excluding hydrogens is 306 g/mol. The molecule has 2 heterocycles. The van der Waals surface area contributed by atoms with Crippen molar-refractivity contribution in [3.8, 4) is 5.75 Å². The number of benzene rings is 1. The molecule has 0 spiro atoms. The minimum atomic E-state index is -0.225. The number of amides is 1. The highest BCUT2D eigenvalue weighted by Crippen LogP contribution is 2.27. The lowest BCUT2D eigenvalue weighted by atomic mass is 9.98. The van der Waals surface area contributed by atoms with Gasteiger partial charge in [-0.15, -0.1) is 0 Å². The fourth-order valence-corrected chi connectivity index (χ4v) is 2.80. The van der Waals surface area contributed by atoms with Gasteiger partial charge in [-0.2, -0.15) is 10.2 Å². The molecule has 7 nitrogen and oxygen atoms in total. The topological polar surface area (TPSA) is 84.8 Å². The number of aryl methyl sites for hydroxylation is 1. The Bertz CT molecular complexity index is 865. The van der Waals surface area contributed by atoms with Crippen LogP contribution in [-0.2, 0) is 7.05 Å². The molecule has 0 saturated carbocycles. The van der Waals surface area contributed by atoms with E-state index in [1.165, 1.54) is 0 Å². The van der Waals surface area contributed by atoms with Gasteiger partial charge in [-0.1, -0.05) is 26.0 Å². The molecule has 0 radical (unpaired) electrons. The first-order chi connectivity index (χ1) is 11.5. The second-order valence-electron chi connectivity index (χ2n) is 6.10. The van der Waals surface area contributed by atoms with Crippen LogP contribution in [0.25, 0.3) is 10.9 Å². The van der Waals surface area contributed by atoms with E-state index < -0.39 is 0 Å². The molecule has 2 N–H and O–H groups in total. The number of nitrogens with zero attached hydrogens (tertiary/aromatic N) is 3. The van der Waals surface area contributed by atoms with Gasteiger partial charge in [0.25, 0.3) is 5.91 Å². The molecule has 24 heavy (non-hydrogen) atoms. The number of rotatable bonds is 5. The lowest BCUT2D eigenvalue weighted by molar-refractivity contribution is 0.0922. The Morgan fingerprint density at radius 2 is 2.17 bits per heavy atom. The van der Waals surface area contributed by atoms with Crippen LogP contribution in [0.15, 0.2) is 30.6 Å². The summed E-state index contributed by atoms with van der Waals surface area (Å²) in [6, 6.07) is 5.39. The molecule has 0 aliphatic carbocycles. The summed E-state index contributed by atoms with van der Waals surface area (Å²) in [6.45, 7) is 4.12. The first-order valence-corrected chi connectivity index (χ1v) is 7.81. The standard InChI is InChI=1S/C17H21N5O2/c1-10(2)14(11-8-18-22(3)9-11)19-17(23)16-12-6-5-7-13(24-4)15(12)20-21-16/h5-10,14H,1-4H3,(H,19,23)(H,20,21). The molecule has 126 valence electrons. The number of ether oxygens (including phenoxy) is 1. The van der Waals surface area contributed by atoms with E-state index in [9.17, 15) is 4.79 Å². The third kappa shape index (κ3) is 2.84. The summed E-state index contributed by atoms with van der Waals surface area (Å²) in [4.78, 5) is 12.8. The molecule has 1 atom stereocenters. The number of fused-ring (bicyclic) bond motifs is 1. The van der Waals surface area contributed by atoms with Crippen molar-refractivity contribution < 1.29 is 9.53 Å². The average molecular weight is 327 g/mol. The number of carbonyl (C=O) groups is 1. The van der Waals surface area contributed by atoms with Crippen LogP contribution >= 0.6 is 0 Å². The van der Waals surface area contributed by atoms with E-state index in [1.807, 2.05) is 31.4 Å². The SMILES string of the molecule is COc1cccc2c(C(=O)NC(c3cnn(C)c3)C(C)C)n[nH]c12. The second kappa shape index (κ2) is 6.35. The van der Waals surface area contributed by atoms with Crippen molar-refractivity contribution >= 4 is 16.8 Å². The van der Waals surface area contributed by atoms with E-state index in [4.69, 9.17) is 4.74 Å². The van der Waals surface area contributed by atoms with Crippen molar-refractivity contribution in [1.82, 2.24) is 25.3 Å². The van der Waals surface area contributed by atoms with Gasteiger partial charge in [0.1, 0.15) is 11.3 Å². The lowest BCUT2D eigenvalue weighted by Crippen LogP contribution is -2.32. The number of H-pyrrole nitrogens is 1. The maximum Gasteiger partial charge on any atom is 0.272 e. The quantitative estimate of drug-likeness (QED) is 0.754. The molecule has 0 bridgehead atoms. The first kappa shape index (κ1) is 16.0. The Kier molecular flexibility index (Phi) is 4.24. The fraction of sp³-hybridized carbons (Fsp3) is 0.353. The van der Waals surface area contributed by atoms with E-state index in [0.717, 1.165) is 10.9 Å². The van der Waals surface area contributed by atoms with Gasteiger partial charge >= 0.3 is 0 Å². The van der Waals surface area contributed by atoms with Gasteiger partial charge in [-0.3, -0.25) is 14.6 Å². The van der Waals surface area contributed by atoms with Crippen molar-refractivity contribution in [2.24, 2.45) is 13.0 Å². The van der Waals surface area contributed by atoms with Gasteiger partial charge in [0.05, 0.1) is 19.3 Å². The minimum Gasteiger partial charge on any atom is -0.494 e. The number of carbonyl (C=O) groups excluding carboxylic acids is 1. The van der Waals surface area contributed by atoms with Crippen molar-refractivity contribution in [2.75, 3.05) is 7.11 Å². The molecule has 2 aromatic heterocycles. The van der Waals surface area contributed by atoms with E-state index in [1.54, 1.807) is 18.0 Å². The second-order valence-corrected chi connectivity index (χ2v) is 6.10. The Morgan fingerprint density at radius 3 is 2.79 bits per heavy atom. The van der Waals surface area contributed by atoms with E-state index >= 15 is 0 Å². The van der Waals surface area contributed by atoms with Crippen molar-refractivity contribution in [3.63, 3.8) is 0 Å². The molecular formula is C17H21N5O2. The van der Waals surface area contributed by atoms with Gasteiger partial charge in [-0.05, 0) is 12.0 Å². The molecule has 0 aliphatic heterocycles. The minimum absolute atomic E-state index is 0.136. The van der Waals surface area contributed by atoms with Gasteiger partial charge in [0, 0.05) is 24.2 Å². The first-order valence-electron chi connectivity index (χ1n) is 7.81. The van der Waals surface area contributed by atoms with Crippen LogP contribution in [0.4, 0.5) is 0 Å². The molecule has 1 aromatic carbocycles. The highest BCUT2D eigenvalue weighted by atomic mass is 16.5. The largest absolute Gasteiger partial charge is 0.494 e. The maximum atomic E-state index is 12.8. The lowest BCUT2D eigenvalue weighted by Gasteiger charge is -2.20. The monoisotopic (exact) mass is 327 g/mol. The normalized spacial score (nSPS) is 12.5. The summed E-state index contributed by atoms with van der Waals surface area (Å²) in [6.07, 6.45) is 3.69. The molecule has 0 fully saturated rings. The predicted molar refractivity (Wildman–Crippen MR) is 90.9 cm³/mol. The van der Waals surface area contributed by atoms with Crippen molar-refractivity contribution in [1.29, 1.82) is 0 Å². The maximum absolute atomic E-state index is 12.8. The zero-order chi connectivity index (χ0) is 17.3. The van der Waals surface area contributed by atoms with Crippen LogP contribution in [-0.4, -0.2) is 33.0 Å². The molecule has 3 rings (SSSR count). The van der Waals surface area contributed by atoms with Gasteiger partial charge in [0.2, 0.25) is 0 Å². The van der Waals surface area contributed by atoms with E-state index in [-0.39, 0.29) is 17.9 Å². The summed E-state index contributed by atoms with van der Waals surface area (Å²) >= 11 is 0. The Morgan fingerprint density at radius 1 is 1.38 bits per heavy atom. The summed E-state index contributed by atoms with van der Waals surface area (Å²) in [5.41, 5.74) is 2.05. The number of methoxy groups -OCH3 is 1. The summed E-state index contributed by atoms with van der Waals surface area (Å²) in [7, 11) is 3.45. The Labute approximate surface area is 140 Å². The molecule has 0 saturated heterocycles. The summed E-state index contributed by atoms with van der Waals surface area (Å²) in [5, 5.41) is 15.0. The predicted octanol–water partition coefficient (Wildman–Crippen LogP) is 2.43. The zero-order valence-electron chi connectivity index (χ0n) is 14.2. The third-order valence-corrected chi connectivity index (χ3v) is 4.03.